The number of nitrogens with one attached hydrogen (secondary N) is 1. The molecule has 0 aliphatic heterocycles. The van der Waals surface area contributed by atoms with Gasteiger partial charge in [-0.3, -0.25) is 0 Å². The molecule has 0 bridgehead atoms. The van der Waals surface area contributed by atoms with Gasteiger partial charge in [0.1, 0.15) is 0 Å². The van der Waals surface area contributed by atoms with Gasteiger partial charge >= 0.3 is 0 Å². The molecular weight excluding hydrogens is 253 g/mol. The van der Waals surface area contributed by atoms with Crippen LogP contribution in [0.3, 0.4) is 0 Å². The van der Waals surface area contributed by atoms with E-state index in [2.05, 4.69) is 32.2 Å². The summed E-state index contributed by atoms with van der Waals surface area (Å²) in [7, 11) is 0. The lowest BCUT2D eigenvalue weighted by Gasteiger charge is -2.27. The Balaban J connectivity index is 3.08. The van der Waals surface area contributed by atoms with Crippen molar-refractivity contribution in [2.75, 3.05) is 6.54 Å². The zero-order valence-electron chi connectivity index (χ0n) is 10.8. The van der Waals surface area contributed by atoms with Crippen LogP contribution in [0.25, 0.3) is 0 Å². The van der Waals surface area contributed by atoms with E-state index in [9.17, 15) is 0 Å². The minimum absolute atomic E-state index is 0.293. The molecule has 0 fully saturated rings. The summed E-state index contributed by atoms with van der Waals surface area (Å²) in [5, 5.41) is 4.85. The molecule has 0 saturated heterocycles. The fourth-order valence-electron chi connectivity index (χ4n) is 2.27. The van der Waals surface area contributed by atoms with Crippen molar-refractivity contribution in [3.05, 3.63) is 33.8 Å². The second-order valence-electron chi connectivity index (χ2n) is 4.25. The van der Waals surface area contributed by atoms with Gasteiger partial charge in [0.2, 0.25) is 0 Å². The molecule has 0 heterocycles. The smallest absolute Gasteiger partial charge is 0.0640 e. The highest BCUT2D eigenvalue weighted by atomic mass is 35.5. The van der Waals surface area contributed by atoms with Crippen molar-refractivity contribution in [1.29, 1.82) is 0 Å². The van der Waals surface area contributed by atoms with Gasteiger partial charge in [-0.25, -0.2) is 0 Å². The fraction of sp³-hybridized carbons (Fsp3) is 0.571. The van der Waals surface area contributed by atoms with Crippen LogP contribution in [0, 0.1) is 5.92 Å². The first-order valence-corrected chi connectivity index (χ1v) is 7.08. The van der Waals surface area contributed by atoms with Crippen molar-refractivity contribution in [1.82, 2.24) is 5.32 Å². The Morgan fingerprint density at radius 1 is 1.12 bits per heavy atom. The molecule has 0 saturated carbocycles. The van der Waals surface area contributed by atoms with Gasteiger partial charge < -0.3 is 5.32 Å². The molecule has 0 spiro atoms. The topological polar surface area (TPSA) is 12.0 Å². The van der Waals surface area contributed by atoms with Gasteiger partial charge in [-0.05, 0) is 24.1 Å². The molecule has 0 aliphatic rings. The molecule has 1 N–H and O–H groups in total. The van der Waals surface area contributed by atoms with Crippen LogP contribution in [0.5, 0.6) is 0 Å². The Hall–Kier alpha value is -0.240. The van der Waals surface area contributed by atoms with Crippen molar-refractivity contribution >= 4 is 23.2 Å². The lowest BCUT2D eigenvalue weighted by molar-refractivity contribution is 0.346. The number of halogens is 2. The third kappa shape index (κ3) is 3.61. The highest BCUT2D eigenvalue weighted by Gasteiger charge is 2.22. The van der Waals surface area contributed by atoms with Crippen molar-refractivity contribution in [3.63, 3.8) is 0 Å². The summed E-state index contributed by atoms with van der Waals surface area (Å²) < 4.78 is 0. The minimum atomic E-state index is 0.293. The molecule has 0 aliphatic carbocycles. The van der Waals surface area contributed by atoms with Gasteiger partial charge in [0.25, 0.3) is 0 Å². The second-order valence-corrected chi connectivity index (χ2v) is 5.04. The quantitative estimate of drug-likeness (QED) is 0.762. The van der Waals surface area contributed by atoms with Gasteiger partial charge in [0.05, 0.1) is 10.0 Å². The number of hydrogen-bond acceptors (Lipinski definition) is 1. The average molecular weight is 274 g/mol. The maximum absolute atomic E-state index is 6.31. The Morgan fingerprint density at radius 2 is 1.76 bits per heavy atom. The summed E-state index contributed by atoms with van der Waals surface area (Å²) in [5.74, 6) is 0.589. The van der Waals surface area contributed by atoms with E-state index in [-0.39, 0.29) is 0 Å². The number of hydrogen-bond donors (Lipinski definition) is 1. The highest BCUT2D eigenvalue weighted by Crippen LogP contribution is 2.35. The summed E-state index contributed by atoms with van der Waals surface area (Å²) in [4.78, 5) is 0. The molecule has 1 rings (SSSR count). The number of benzene rings is 1. The first-order chi connectivity index (χ1) is 8.15. The summed E-state index contributed by atoms with van der Waals surface area (Å²) in [6.07, 6.45) is 2.27. The van der Waals surface area contributed by atoms with Crippen molar-refractivity contribution < 1.29 is 0 Å². The van der Waals surface area contributed by atoms with Crippen LogP contribution in [-0.4, -0.2) is 6.54 Å². The molecule has 0 aromatic heterocycles. The molecule has 1 aromatic carbocycles. The molecule has 1 nitrogen and oxygen atoms in total. The van der Waals surface area contributed by atoms with Gasteiger partial charge in [-0.15, -0.1) is 0 Å². The molecule has 3 heteroatoms. The first-order valence-electron chi connectivity index (χ1n) is 6.32. The van der Waals surface area contributed by atoms with Gasteiger partial charge in [-0.2, -0.15) is 0 Å². The van der Waals surface area contributed by atoms with Crippen molar-refractivity contribution in [2.45, 2.75) is 39.7 Å². The van der Waals surface area contributed by atoms with Crippen LogP contribution in [0.2, 0.25) is 10.0 Å². The number of rotatable bonds is 6. The van der Waals surface area contributed by atoms with Crippen LogP contribution in [0.1, 0.15) is 45.2 Å². The standard InChI is InChI=1S/C14H21Cl2N/c1-4-10(5-2)14(17-6-3)11-8-7-9-12(15)13(11)16/h7-10,14,17H,4-6H2,1-3H3. The lowest BCUT2D eigenvalue weighted by atomic mass is 9.89. The third-order valence-corrected chi connectivity index (χ3v) is 4.09. The molecular formula is C14H21Cl2N. The maximum Gasteiger partial charge on any atom is 0.0640 e. The van der Waals surface area contributed by atoms with Gasteiger partial charge in [0.15, 0.2) is 0 Å². The molecule has 1 aromatic rings. The molecule has 0 amide bonds. The lowest BCUT2D eigenvalue weighted by Crippen LogP contribution is -2.28. The molecule has 1 unspecified atom stereocenters. The normalized spacial score (nSPS) is 13.1. The van der Waals surface area contributed by atoms with Crippen LogP contribution in [0.4, 0.5) is 0 Å². The Morgan fingerprint density at radius 3 is 2.29 bits per heavy atom. The monoisotopic (exact) mass is 273 g/mol. The van der Waals surface area contributed by atoms with E-state index in [1.165, 1.54) is 0 Å². The van der Waals surface area contributed by atoms with E-state index in [1.54, 1.807) is 0 Å². The zero-order chi connectivity index (χ0) is 12.8. The van der Waals surface area contributed by atoms with E-state index < -0.39 is 0 Å². The van der Waals surface area contributed by atoms with Crippen LogP contribution >= 0.6 is 23.2 Å². The molecule has 96 valence electrons. The van der Waals surface area contributed by atoms with E-state index >= 15 is 0 Å². The summed E-state index contributed by atoms with van der Waals surface area (Å²) in [5.41, 5.74) is 1.12. The largest absolute Gasteiger partial charge is 0.310 e. The summed E-state index contributed by atoms with van der Waals surface area (Å²) in [6, 6.07) is 6.17. The SMILES string of the molecule is CCNC(c1cccc(Cl)c1Cl)C(CC)CC. The van der Waals surface area contributed by atoms with E-state index in [0.29, 0.717) is 22.0 Å². The zero-order valence-corrected chi connectivity index (χ0v) is 12.3. The van der Waals surface area contributed by atoms with Gasteiger partial charge in [0, 0.05) is 6.04 Å². The maximum atomic E-state index is 6.31. The Bertz CT molecular complexity index is 348. The van der Waals surface area contributed by atoms with Gasteiger partial charge in [-0.1, -0.05) is 68.9 Å². The van der Waals surface area contributed by atoms with Crippen LogP contribution in [0.15, 0.2) is 18.2 Å². The predicted molar refractivity (Wildman–Crippen MR) is 77.0 cm³/mol. The van der Waals surface area contributed by atoms with Crippen molar-refractivity contribution in [2.24, 2.45) is 5.92 Å². The summed E-state index contributed by atoms with van der Waals surface area (Å²) in [6.45, 7) is 7.49. The Labute approximate surface area is 115 Å². The van der Waals surface area contributed by atoms with E-state index in [0.717, 1.165) is 24.9 Å². The molecule has 1 atom stereocenters. The van der Waals surface area contributed by atoms with E-state index in [4.69, 9.17) is 23.2 Å². The molecule has 17 heavy (non-hydrogen) atoms. The molecule has 0 radical (unpaired) electrons. The highest BCUT2D eigenvalue weighted by molar-refractivity contribution is 6.42. The first kappa shape index (κ1) is 14.8. The van der Waals surface area contributed by atoms with Crippen molar-refractivity contribution in [3.8, 4) is 0 Å². The predicted octanol–water partition coefficient (Wildman–Crippen LogP) is 5.08. The summed E-state index contributed by atoms with van der Waals surface area (Å²) >= 11 is 12.4. The third-order valence-electron chi connectivity index (χ3n) is 3.26. The second kappa shape index (κ2) is 7.25. The Kier molecular flexibility index (Phi) is 6.32. The van der Waals surface area contributed by atoms with E-state index in [1.807, 2.05) is 12.1 Å². The van der Waals surface area contributed by atoms with Crippen LogP contribution in [-0.2, 0) is 0 Å². The minimum Gasteiger partial charge on any atom is -0.310 e. The fourth-order valence-corrected chi connectivity index (χ4v) is 2.70. The van der Waals surface area contributed by atoms with Crippen LogP contribution < -0.4 is 5.32 Å². The average Bonchev–Trinajstić information content (AvgIpc) is 2.33.